The van der Waals surface area contributed by atoms with E-state index in [-0.39, 0.29) is 10.7 Å². The zero-order valence-electron chi connectivity index (χ0n) is 10.9. The lowest BCUT2D eigenvalue weighted by Gasteiger charge is -2.15. The number of carbonyl (C=O) groups excluding carboxylic acids is 1. The first-order valence-electron chi connectivity index (χ1n) is 6.37. The number of aryl methyl sites for hydroxylation is 1. The maximum atomic E-state index is 11.4. The third kappa shape index (κ3) is 2.48. The van der Waals surface area contributed by atoms with Gasteiger partial charge >= 0.3 is 0 Å². The first kappa shape index (κ1) is 13.7. The lowest BCUT2D eigenvalue weighted by Crippen LogP contribution is -2.03. The number of nitrogens with one attached hydrogen (secondary N) is 1. The number of rotatable bonds is 2. The summed E-state index contributed by atoms with van der Waals surface area (Å²) < 4.78 is 0. The van der Waals surface area contributed by atoms with Crippen LogP contribution in [0.4, 0.5) is 5.69 Å². The molecule has 3 rings (SSSR count). The van der Waals surface area contributed by atoms with E-state index in [1.54, 1.807) is 0 Å². The van der Waals surface area contributed by atoms with Crippen molar-refractivity contribution in [1.29, 1.82) is 0 Å². The highest BCUT2D eigenvalue weighted by molar-refractivity contribution is 9.09. The molecule has 102 valence electrons. The van der Waals surface area contributed by atoms with E-state index in [4.69, 9.17) is 11.6 Å². The minimum absolute atomic E-state index is 0.0231. The Labute approximate surface area is 131 Å². The minimum Gasteiger partial charge on any atom is -0.325 e. The maximum absolute atomic E-state index is 11.4. The second kappa shape index (κ2) is 5.23. The van der Waals surface area contributed by atoms with Crippen molar-refractivity contribution in [3.05, 3.63) is 63.7 Å². The zero-order chi connectivity index (χ0) is 14.3. The minimum atomic E-state index is 0.0231. The van der Waals surface area contributed by atoms with Crippen molar-refractivity contribution in [1.82, 2.24) is 0 Å². The van der Waals surface area contributed by atoms with E-state index in [1.165, 1.54) is 5.56 Å². The summed E-state index contributed by atoms with van der Waals surface area (Å²) in [4.78, 5) is 11.5. The topological polar surface area (TPSA) is 29.1 Å². The van der Waals surface area contributed by atoms with Crippen molar-refractivity contribution >= 4 is 39.1 Å². The molecular weight excluding hydrogens is 338 g/mol. The van der Waals surface area contributed by atoms with Gasteiger partial charge in [-0.3, -0.25) is 4.79 Å². The Morgan fingerprint density at radius 3 is 2.85 bits per heavy atom. The standard InChI is InChI=1S/C16H13BrClNO/c1-9-3-2-4-10(5-9)16(17)12-6-11-7-15(20)19-14(11)8-13(12)18/h2-6,8,16H,7H2,1H3,(H,19,20). The molecule has 0 bridgehead atoms. The molecular formula is C16H13BrClNO. The average molecular weight is 351 g/mol. The fourth-order valence-electron chi connectivity index (χ4n) is 2.47. The SMILES string of the molecule is Cc1cccc(C(Br)c2cc3c(cc2Cl)NC(=O)C3)c1. The van der Waals surface area contributed by atoms with Gasteiger partial charge in [0.2, 0.25) is 5.91 Å². The van der Waals surface area contributed by atoms with Crippen molar-refractivity contribution in [2.24, 2.45) is 0 Å². The number of amides is 1. The molecule has 0 aromatic heterocycles. The smallest absolute Gasteiger partial charge is 0.228 e. The van der Waals surface area contributed by atoms with E-state index in [0.717, 1.165) is 22.4 Å². The summed E-state index contributed by atoms with van der Waals surface area (Å²) >= 11 is 10.1. The van der Waals surface area contributed by atoms with Gasteiger partial charge in [0.1, 0.15) is 0 Å². The molecule has 1 aliphatic rings. The first-order valence-corrected chi connectivity index (χ1v) is 7.67. The van der Waals surface area contributed by atoms with Crippen LogP contribution >= 0.6 is 27.5 Å². The van der Waals surface area contributed by atoms with Crippen LogP contribution in [0, 0.1) is 6.92 Å². The van der Waals surface area contributed by atoms with Gasteiger partial charge in [0.05, 0.1) is 11.2 Å². The molecule has 1 aliphatic heterocycles. The molecule has 0 fully saturated rings. The van der Waals surface area contributed by atoms with E-state index in [9.17, 15) is 4.79 Å². The predicted octanol–water partition coefficient (Wildman–Crippen LogP) is 4.63. The molecule has 4 heteroatoms. The lowest BCUT2D eigenvalue weighted by atomic mass is 10.00. The van der Waals surface area contributed by atoms with Gasteiger partial charge in [-0.1, -0.05) is 63.4 Å². The van der Waals surface area contributed by atoms with Crippen LogP contribution in [0.5, 0.6) is 0 Å². The van der Waals surface area contributed by atoms with E-state index >= 15 is 0 Å². The largest absolute Gasteiger partial charge is 0.325 e. The number of alkyl halides is 1. The van der Waals surface area contributed by atoms with Crippen molar-refractivity contribution in [3.63, 3.8) is 0 Å². The maximum Gasteiger partial charge on any atom is 0.228 e. The molecule has 2 aromatic rings. The molecule has 1 atom stereocenters. The third-order valence-electron chi connectivity index (χ3n) is 3.46. The van der Waals surface area contributed by atoms with Crippen LogP contribution < -0.4 is 5.32 Å². The Morgan fingerprint density at radius 1 is 1.30 bits per heavy atom. The second-order valence-electron chi connectivity index (χ2n) is 5.03. The van der Waals surface area contributed by atoms with Crippen LogP contribution in [-0.4, -0.2) is 5.91 Å². The highest BCUT2D eigenvalue weighted by atomic mass is 79.9. The molecule has 0 saturated heterocycles. The van der Waals surface area contributed by atoms with Crippen molar-refractivity contribution in [2.45, 2.75) is 18.2 Å². The van der Waals surface area contributed by atoms with Gasteiger partial charge in [0.15, 0.2) is 0 Å². The van der Waals surface area contributed by atoms with Crippen LogP contribution in [0.3, 0.4) is 0 Å². The molecule has 0 radical (unpaired) electrons. The van der Waals surface area contributed by atoms with Crippen LogP contribution in [0.2, 0.25) is 5.02 Å². The van der Waals surface area contributed by atoms with Gasteiger partial charge in [-0.25, -0.2) is 0 Å². The van der Waals surface area contributed by atoms with E-state index < -0.39 is 0 Å². The highest BCUT2D eigenvalue weighted by Gasteiger charge is 2.22. The number of carbonyl (C=O) groups is 1. The lowest BCUT2D eigenvalue weighted by molar-refractivity contribution is -0.115. The summed E-state index contributed by atoms with van der Waals surface area (Å²) in [6.07, 6.45) is 0.424. The van der Waals surface area contributed by atoms with Crippen molar-refractivity contribution < 1.29 is 4.79 Å². The van der Waals surface area contributed by atoms with Crippen molar-refractivity contribution in [3.8, 4) is 0 Å². The van der Waals surface area contributed by atoms with Crippen LogP contribution in [-0.2, 0) is 11.2 Å². The Morgan fingerprint density at radius 2 is 2.10 bits per heavy atom. The Balaban J connectivity index is 2.02. The third-order valence-corrected chi connectivity index (χ3v) is 4.80. The predicted molar refractivity (Wildman–Crippen MR) is 85.7 cm³/mol. The number of anilines is 1. The fourth-order valence-corrected chi connectivity index (χ4v) is 3.54. The molecule has 2 aromatic carbocycles. The summed E-state index contributed by atoms with van der Waals surface area (Å²) in [6, 6.07) is 12.1. The van der Waals surface area contributed by atoms with Gasteiger partial charge < -0.3 is 5.32 Å². The number of halogens is 2. The Kier molecular flexibility index (Phi) is 3.57. The highest BCUT2D eigenvalue weighted by Crippen LogP contribution is 2.39. The molecule has 1 amide bonds. The number of hydrogen-bond acceptors (Lipinski definition) is 1. The summed E-state index contributed by atoms with van der Waals surface area (Å²) in [5.74, 6) is 0.0231. The first-order chi connectivity index (χ1) is 9.54. The van der Waals surface area contributed by atoms with Crippen molar-refractivity contribution in [2.75, 3.05) is 5.32 Å². The molecule has 1 heterocycles. The zero-order valence-corrected chi connectivity index (χ0v) is 13.3. The van der Waals surface area contributed by atoms with E-state index in [2.05, 4.69) is 46.4 Å². The van der Waals surface area contributed by atoms with E-state index in [0.29, 0.717) is 11.4 Å². The molecule has 1 N–H and O–H groups in total. The molecule has 0 spiro atoms. The second-order valence-corrected chi connectivity index (χ2v) is 6.36. The van der Waals surface area contributed by atoms with Gasteiger partial charge in [-0.2, -0.15) is 0 Å². The molecule has 0 saturated carbocycles. The van der Waals surface area contributed by atoms with Gasteiger partial charge in [-0.15, -0.1) is 0 Å². The average Bonchev–Trinajstić information content (AvgIpc) is 2.76. The Hall–Kier alpha value is -1.32. The van der Waals surface area contributed by atoms with Crippen LogP contribution in [0.25, 0.3) is 0 Å². The van der Waals surface area contributed by atoms with Gasteiger partial charge in [-0.05, 0) is 29.7 Å². The monoisotopic (exact) mass is 349 g/mol. The number of fused-ring (bicyclic) bond motifs is 1. The Bertz CT molecular complexity index is 699. The molecule has 1 unspecified atom stereocenters. The van der Waals surface area contributed by atoms with Gasteiger partial charge in [0, 0.05) is 10.7 Å². The normalized spacial score (nSPS) is 14.8. The molecule has 2 nitrogen and oxygen atoms in total. The summed E-state index contributed by atoms with van der Waals surface area (Å²) in [7, 11) is 0. The quantitative estimate of drug-likeness (QED) is 0.786. The summed E-state index contributed by atoms with van der Waals surface area (Å²) in [5, 5.41) is 3.48. The van der Waals surface area contributed by atoms with E-state index in [1.807, 2.05) is 18.2 Å². The number of benzene rings is 2. The summed E-state index contributed by atoms with van der Waals surface area (Å²) in [6.45, 7) is 2.07. The number of hydrogen-bond donors (Lipinski definition) is 1. The fraction of sp³-hybridized carbons (Fsp3) is 0.188. The van der Waals surface area contributed by atoms with Crippen LogP contribution in [0.15, 0.2) is 36.4 Å². The molecule has 0 aliphatic carbocycles. The molecule has 20 heavy (non-hydrogen) atoms. The van der Waals surface area contributed by atoms with Crippen LogP contribution in [0.1, 0.15) is 27.1 Å². The van der Waals surface area contributed by atoms with Gasteiger partial charge in [0.25, 0.3) is 0 Å². The summed E-state index contributed by atoms with van der Waals surface area (Å²) in [5.41, 5.74) is 5.19.